The van der Waals surface area contributed by atoms with Gasteiger partial charge in [-0.15, -0.1) is 0 Å². The van der Waals surface area contributed by atoms with Gasteiger partial charge in [-0.2, -0.15) is 0 Å². The molecule has 1 N–H and O–H groups in total. The fourth-order valence-electron chi connectivity index (χ4n) is 1.25. The standard InChI is InChI=1S/C11H18N2O/c1-4-14-10(3)8-13-11-9(2)6-5-7-12-11/h5-7,10H,4,8H2,1-3H3,(H,12,13). The first-order valence-corrected chi connectivity index (χ1v) is 5.01. The average molecular weight is 194 g/mol. The second-order valence-electron chi connectivity index (χ2n) is 3.32. The number of ether oxygens (including phenoxy) is 1. The van der Waals surface area contributed by atoms with Gasteiger partial charge in [-0.05, 0) is 32.4 Å². The van der Waals surface area contributed by atoms with Crippen LogP contribution in [0.2, 0.25) is 0 Å². The Hall–Kier alpha value is -1.09. The Morgan fingerprint density at radius 3 is 3.00 bits per heavy atom. The molecule has 3 nitrogen and oxygen atoms in total. The molecule has 1 aromatic rings. The Labute approximate surface area is 85.5 Å². The van der Waals surface area contributed by atoms with E-state index in [4.69, 9.17) is 4.74 Å². The molecule has 0 radical (unpaired) electrons. The molecular weight excluding hydrogens is 176 g/mol. The lowest BCUT2D eigenvalue weighted by Gasteiger charge is -2.13. The Morgan fingerprint density at radius 2 is 2.36 bits per heavy atom. The van der Waals surface area contributed by atoms with E-state index in [0.29, 0.717) is 0 Å². The van der Waals surface area contributed by atoms with E-state index in [2.05, 4.69) is 17.2 Å². The van der Waals surface area contributed by atoms with Gasteiger partial charge in [-0.1, -0.05) is 6.07 Å². The highest BCUT2D eigenvalue weighted by molar-refractivity contribution is 5.42. The SMILES string of the molecule is CCOC(C)CNc1ncccc1C. The van der Waals surface area contributed by atoms with E-state index in [9.17, 15) is 0 Å². The van der Waals surface area contributed by atoms with Crippen LogP contribution in [0, 0.1) is 6.92 Å². The molecule has 1 heterocycles. The van der Waals surface area contributed by atoms with Crippen molar-refractivity contribution < 1.29 is 4.74 Å². The summed E-state index contributed by atoms with van der Waals surface area (Å²) in [4.78, 5) is 4.24. The van der Waals surface area contributed by atoms with Crippen molar-refractivity contribution in [1.29, 1.82) is 0 Å². The molecule has 0 aliphatic rings. The number of pyridine rings is 1. The summed E-state index contributed by atoms with van der Waals surface area (Å²) >= 11 is 0. The van der Waals surface area contributed by atoms with Gasteiger partial charge in [0.05, 0.1) is 6.10 Å². The molecule has 0 saturated heterocycles. The third-order valence-corrected chi connectivity index (χ3v) is 2.02. The first-order chi connectivity index (χ1) is 6.74. The monoisotopic (exact) mass is 194 g/mol. The molecule has 1 atom stereocenters. The van der Waals surface area contributed by atoms with E-state index in [1.54, 1.807) is 6.20 Å². The van der Waals surface area contributed by atoms with Crippen LogP contribution in [0.15, 0.2) is 18.3 Å². The molecule has 0 saturated carbocycles. The lowest BCUT2D eigenvalue weighted by atomic mass is 10.3. The third-order valence-electron chi connectivity index (χ3n) is 2.02. The highest BCUT2D eigenvalue weighted by atomic mass is 16.5. The van der Waals surface area contributed by atoms with Crippen molar-refractivity contribution in [3.8, 4) is 0 Å². The highest BCUT2D eigenvalue weighted by Gasteiger charge is 2.02. The molecule has 0 aromatic carbocycles. The largest absolute Gasteiger partial charge is 0.377 e. The van der Waals surface area contributed by atoms with E-state index in [0.717, 1.165) is 24.5 Å². The summed E-state index contributed by atoms with van der Waals surface area (Å²) in [5.41, 5.74) is 1.16. The van der Waals surface area contributed by atoms with Crippen LogP contribution in [0.25, 0.3) is 0 Å². The maximum absolute atomic E-state index is 5.41. The molecule has 0 spiro atoms. The second kappa shape index (κ2) is 5.60. The minimum Gasteiger partial charge on any atom is -0.377 e. The molecule has 78 valence electrons. The summed E-state index contributed by atoms with van der Waals surface area (Å²) in [7, 11) is 0. The molecule has 1 aromatic heterocycles. The molecule has 1 rings (SSSR count). The molecule has 14 heavy (non-hydrogen) atoms. The van der Waals surface area contributed by atoms with Crippen LogP contribution in [0.1, 0.15) is 19.4 Å². The lowest BCUT2D eigenvalue weighted by Crippen LogP contribution is -2.20. The van der Waals surface area contributed by atoms with Gasteiger partial charge in [0.2, 0.25) is 0 Å². The zero-order valence-corrected chi connectivity index (χ0v) is 9.08. The van der Waals surface area contributed by atoms with Crippen LogP contribution in [-0.4, -0.2) is 24.2 Å². The summed E-state index contributed by atoms with van der Waals surface area (Å²) in [5, 5.41) is 3.26. The zero-order valence-electron chi connectivity index (χ0n) is 9.08. The molecule has 0 bridgehead atoms. The number of anilines is 1. The summed E-state index contributed by atoms with van der Waals surface area (Å²) in [5.74, 6) is 0.944. The predicted octanol–water partition coefficient (Wildman–Crippen LogP) is 2.23. The van der Waals surface area contributed by atoms with E-state index >= 15 is 0 Å². The molecule has 0 fully saturated rings. The van der Waals surface area contributed by atoms with Crippen molar-refractivity contribution in [1.82, 2.24) is 4.98 Å². The summed E-state index contributed by atoms with van der Waals surface area (Å²) in [6.07, 6.45) is 2.02. The van der Waals surface area contributed by atoms with Crippen LogP contribution in [0.3, 0.4) is 0 Å². The number of nitrogens with zero attached hydrogens (tertiary/aromatic N) is 1. The van der Waals surface area contributed by atoms with Gasteiger partial charge < -0.3 is 10.1 Å². The smallest absolute Gasteiger partial charge is 0.128 e. The van der Waals surface area contributed by atoms with Crippen LogP contribution in [0.5, 0.6) is 0 Å². The number of hydrogen-bond acceptors (Lipinski definition) is 3. The Morgan fingerprint density at radius 1 is 1.57 bits per heavy atom. The van der Waals surface area contributed by atoms with Crippen molar-refractivity contribution >= 4 is 5.82 Å². The topological polar surface area (TPSA) is 34.1 Å². The van der Waals surface area contributed by atoms with Gasteiger partial charge in [0.1, 0.15) is 5.82 Å². The first kappa shape index (κ1) is 11.0. The van der Waals surface area contributed by atoms with Gasteiger partial charge in [0.15, 0.2) is 0 Å². The number of rotatable bonds is 5. The second-order valence-corrected chi connectivity index (χ2v) is 3.32. The van der Waals surface area contributed by atoms with Crippen LogP contribution in [-0.2, 0) is 4.74 Å². The summed E-state index contributed by atoms with van der Waals surface area (Å²) in [6.45, 7) is 7.65. The van der Waals surface area contributed by atoms with Crippen LogP contribution >= 0.6 is 0 Å². The minimum atomic E-state index is 0.224. The van der Waals surface area contributed by atoms with E-state index < -0.39 is 0 Å². The van der Waals surface area contributed by atoms with Crippen LogP contribution < -0.4 is 5.32 Å². The van der Waals surface area contributed by atoms with Crippen molar-refractivity contribution in [3.63, 3.8) is 0 Å². The van der Waals surface area contributed by atoms with Gasteiger partial charge >= 0.3 is 0 Å². The minimum absolute atomic E-state index is 0.224. The lowest BCUT2D eigenvalue weighted by molar-refractivity contribution is 0.0855. The van der Waals surface area contributed by atoms with Crippen molar-refractivity contribution in [2.45, 2.75) is 26.9 Å². The van der Waals surface area contributed by atoms with Gasteiger partial charge in [0.25, 0.3) is 0 Å². The Kier molecular flexibility index (Phi) is 4.40. The maximum atomic E-state index is 5.41. The predicted molar refractivity (Wildman–Crippen MR) is 58.6 cm³/mol. The normalized spacial score (nSPS) is 12.5. The molecule has 0 aliphatic heterocycles. The number of hydrogen-bond donors (Lipinski definition) is 1. The Bertz CT molecular complexity index is 276. The van der Waals surface area contributed by atoms with E-state index in [1.807, 2.05) is 26.0 Å². The fraction of sp³-hybridized carbons (Fsp3) is 0.545. The first-order valence-electron chi connectivity index (χ1n) is 5.01. The number of aryl methyl sites for hydroxylation is 1. The summed E-state index contributed by atoms with van der Waals surface area (Å²) < 4.78 is 5.41. The average Bonchev–Trinajstić information content (AvgIpc) is 2.17. The van der Waals surface area contributed by atoms with Gasteiger partial charge in [0, 0.05) is 19.3 Å². The maximum Gasteiger partial charge on any atom is 0.128 e. The zero-order chi connectivity index (χ0) is 10.4. The highest BCUT2D eigenvalue weighted by Crippen LogP contribution is 2.08. The van der Waals surface area contributed by atoms with Crippen LogP contribution in [0.4, 0.5) is 5.82 Å². The van der Waals surface area contributed by atoms with Crippen molar-refractivity contribution in [3.05, 3.63) is 23.9 Å². The number of nitrogens with one attached hydrogen (secondary N) is 1. The van der Waals surface area contributed by atoms with E-state index in [-0.39, 0.29) is 6.10 Å². The van der Waals surface area contributed by atoms with Crippen molar-refractivity contribution in [2.24, 2.45) is 0 Å². The quantitative estimate of drug-likeness (QED) is 0.780. The van der Waals surface area contributed by atoms with Crippen molar-refractivity contribution in [2.75, 3.05) is 18.5 Å². The molecular formula is C11H18N2O. The summed E-state index contributed by atoms with van der Waals surface area (Å²) in [6, 6.07) is 3.98. The molecule has 0 aliphatic carbocycles. The number of aromatic nitrogens is 1. The van der Waals surface area contributed by atoms with Gasteiger partial charge in [-0.25, -0.2) is 4.98 Å². The molecule has 1 unspecified atom stereocenters. The Balaban J connectivity index is 2.41. The van der Waals surface area contributed by atoms with E-state index in [1.165, 1.54) is 0 Å². The van der Waals surface area contributed by atoms with Gasteiger partial charge in [-0.3, -0.25) is 0 Å². The third kappa shape index (κ3) is 3.34. The fourth-order valence-corrected chi connectivity index (χ4v) is 1.25. The molecule has 0 amide bonds. The molecule has 3 heteroatoms.